The van der Waals surface area contributed by atoms with Crippen molar-refractivity contribution >= 4 is 23.2 Å². The van der Waals surface area contributed by atoms with Gasteiger partial charge < -0.3 is 11.1 Å². The highest BCUT2D eigenvalue weighted by Gasteiger charge is 2.34. The fraction of sp³-hybridized carbons (Fsp3) is 0.714. The second-order valence-corrected chi connectivity index (χ2v) is 6.46. The number of aromatic nitrogens is 2. The molecule has 1 aromatic heterocycles. The minimum absolute atomic E-state index is 0.337. The molecule has 0 atom stereocenters. The monoisotopic (exact) mass is 282 g/mol. The molecule has 0 amide bonds. The minimum atomic E-state index is 0.337. The van der Waals surface area contributed by atoms with E-state index < -0.39 is 0 Å². The lowest BCUT2D eigenvalue weighted by molar-refractivity contribution is 0.252. The third-order valence-electron chi connectivity index (χ3n) is 3.95. The van der Waals surface area contributed by atoms with Gasteiger partial charge in [-0.15, -0.1) is 0 Å². The van der Waals surface area contributed by atoms with Crippen LogP contribution >= 0.6 is 11.6 Å². The molecule has 0 spiro atoms. The van der Waals surface area contributed by atoms with Crippen LogP contribution in [0.1, 0.15) is 46.0 Å². The standard InChI is InChI=1S/C14H23ClN4/c1-10(2)7-14(5-3-4-6-14)8-17-13-11(15)12(16)18-9-19-13/h9-10H,3-8H2,1-2H3,(H3,16,17,18,19). The van der Waals surface area contributed by atoms with Crippen LogP contribution < -0.4 is 11.1 Å². The van der Waals surface area contributed by atoms with Crippen molar-refractivity contribution in [2.75, 3.05) is 17.6 Å². The van der Waals surface area contributed by atoms with Crippen LogP contribution in [0.4, 0.5) is 11.6 Å². The van der Waals surface area contributed by atoms with Gasteiger partial charge in [0.1, 0.15) is 23.0 Å². The number of rotatable bonds is 5. The van der Waals surface area contributed by atoms with Crippen LogP contribution in [0.5, 0.6) is 0 Å². The maximum Gasteiger partial charge on any atom is 0.150 e. The zero-order chi connectivity index (χ0) is 13.9. The Balaban J connectivity index is 2.05. The molecule has 1 aliphatic carbocycles. The fourth-order valence-electron chi connectivity index (χ4n) is 3.22. The van der Waals surface area contributed by atoms with E-state index in [2.05, 4.69) is 29.1 Å². The van der Waals surface area contributed by atoms with E-state index in [0.717, 1.165) is 6.54 Å². The topological polar surface area (TPSA) is 63.8 Å². The molecule has 106 valence electrons. The van der Waals surface area contributed by atoms with E-state index in [-0.39, 0.29) is 0 Å². The first-order valence-electron chi connectivity index (χ1n) is 7.02. The number of nitrogen functional groups attached to an aromatic ring is 1. The maximum absolute atomic E-state index is 6.12. The van der Waals surface area contributed by atoms with Gasteiger partial charge in [-0.3, -0.25) is 0 Å². The van der Waals surface area contributed by atoms with Gasteiger partial charge in [0.2, 0.25) is 0 Å². The third-order valence-corrected chi connectivity index (χ3v) is 4.33. The van der Waals surface area contributed by atoms with Crippen molar-refractivity contribution in [3.8, 4) is 0 Å². The summed E-state index contributed by atoms with van der Waals surface area (Å²) in [7, 11) is 0. The molecule has 0 aliphatic heterocycles. The molecule has 0 aromatic carbocycles. The van der Waals surface area contributed by atoms with Crippen LogP contribution in [0.3, 0.4) is 0 Å². The van der Waals surface area contributed by atoms with E-state index in [1.54, 1.807) is 0 Å². The highest BCUT2D eigenvalue weighted by atomic mass is 35.5. The van der Waals surface area contributed by atoms with Crippen LogP contribution in [0.15, 0.2) is 6.33 Å². The first kappa shape index (κ1) is 14.4. The molecule has 0 saturated heterocycles. The second kappa shape index (κ2) is 5.95. The SMILES string of the molecule is CC(C)CC1(CNc2ncnc(N)c2Cl)CCCC1. The normalized spacial score (nSPS) is 17.9. The van der Waals surface area contributed by atoms with Crippen molar-refractivity contribution in [1.29, 1.82) is 0 Å². The van der Waals surface area contributed by atoms with Crippen LogP contribution in [-0.4, -0.2) is 16.5 Å². The lowest BCUT2D eigenvalue weighted by Crippen LogP contribution is -2.29. The fourth-order valence-corrected chi connectivity index (χ4v) is 3.39. The second-order valence-electron chi connectivity index (χ2n) is 6.08. The molecular formula is C14H23ClN4. The molecule has 1 fully saturated rings. The van der Waals surface area contributed by atoms with Gasteiger partial charge in [0.05, 0.1) is 0 Å². The molecule has 1 aromatic rings. The molecule has 0 radical (unpaired) electrons. The van der Waals surface area contributed by atoms with Gasteiger partial charge in [-0.05, 0) is 30.6 Å². The lowest BCUT2D eigenvalue weighted by atomic mass is 9.78. The molecule has 2 rings (SSSR count). The Morgan fingerprint density at radius 2 is 2.05 bits per heavy atom. The Morgan fingerprint density at radius 1 is 1.37 bits per heavy atom. The molecule has 19 heavy (non-hydrogen) atoms. The van der Waals surface area contributed by atoms with Gasteiger partial charge in [0.15, 0.2) is 0 Å². The van der Waals surface area contributed by atoms with Gasteiger partial charge in [-0.2, -0.15) is 0 Å². The number of hydrogen-bond donors (Lipinski definition) is 2. The quantitative estimate of drug-likeness (QED) is 0.864. The maximum atomic E-state index is 6.12. The van der Waals surface area contributed by atoms with E-state index in [1.807, 2.05) is 0 Å². The highest BCUT2D eigenvalue weighted by Crippen LogP contribution is 2.43. The van der Waals surface area contributed by atoms with Crippen LogP contribution in [0, 0.1) is 11.3 Å². The molecule has 1 aliphatic rings. The Morgan fingerprint density at radius 3 is 2.68 bits per heavy atom. The van der Waals surface area contributed by atoms with Crippen molar-refractivity contribution in [3.05, 3.63) is 11.3 Å². The van der Waals surface area contributed by atoms with Crippen LogP contribution in [0.25, 0.3) is 0 Å². The Bertz CT molecular complexity index is 427. The average molecular weight is 283 g/mol. The Labute approximate surface area is 120 Å². The van der Waals surface area contributed by atoms with E-state index in [0.29, 0.717) is 28.0 Å². The van der Waals surface area contributed by atoms with E-state index in [9.17, 15) is 0 Å². The summed E-state index contributed by atoms with van der Waals surface area (Å²) in [5.41, 5.74) is 6.08. The smallest absolute Gasteiger partial charge is 0.150 e. The number of halogens is 1. The Hall–Kier alpha value is -1.03. The molecule has 4 nitrogen and oxygen atoms in total. The van der Waals surface area contributed by atoms with Gasteiger partial charge >= 0.3 is 0 Å². The number of hydrogen-bond acceptors (Lipinski definition) is 4. The zero-order valence-electron chi connectivity index (χ0n) is 11.7. The summed E-state index contributed by atoms with van der Waals surface area (Å²) >= 11 is 6.12. The van der Waals surface area contributed by atoms with E-state index in [1.165, 1.54) is 38.4 Å². The van der Waals surface area contributed by atoms with Gasteiger partial charge in [0, 0.05) is 6.54 Å². The molecule has 1 heterocycles. The predicted octanol–water partition coefficient (Wildman–Crippen LogP) is 3.73. The van der Waals surface area contributed by atoms with Gasteiger partial charge in [-0.25, -0.2) is 9.97 Å². The first-order chi connectivity index (χ1) is 9.02. The van der Waals surface area contributed by atoms with Crippen molar-refractivity contribution in [1.82, 2.24) is 9.97 Å². The molecule has 5 heteroatoms. The van der Waals surface area contributed by atoms with Gasteiger partial charge in [-0.1, -0.05) is 38.3 Å². The summed E-state index contributed by atoms with van der Waals surface area (Å²) in [4.78, 5) is 8.06. The minimum Gasteiger partial charge on any atom is -0.382 e. The molecule has 1 saturated carbocycles. The van der Waals surface area contributed by atoms with Crippen LogP contribution in [0.2, 0.25) is 5.02 Å². The Kier molecular flexibility index (Phi) is 4.50. The summed E-state index contributed by atoms with van der Waals surface area (Å²) < 4.78 is 0. The number of nitrogens with two attached hydrogens (primary N) is 1. The van der Waals surface area contributed by atoms with Crippen molar-refractivity contribution in [3.63, 3.8) is 0 Å². The largest absolute Gasteiger partial charge is 0.382 e. The van der Waals surface area contributed by atoms with E-state index >= 15 is 0 Å². The first-order valence-corrected chi connectivity index (χ1v) is 7.40. The summed E-state index contributed by atoms with van der Waals surface area (Å²) in [6, 6.07) is 0. The van der Waals surface area contributed by atoms with Crippen molar-refractivity contribution in [2.24, 2.45) is 11.3 Å². The zero-order valence-corrected chi connectivity index (χ0v) is 12.5. The molecule has 3 N–H and O–H groups in total. The lowest BCUT2D eigenvalue weighted by Gasteiger charge is -2.31. The molecular weight excluding hydrogens is 260 g/mol. The molecule has 0 unspecified atom stereocenters. The summed E-state index contributed by atoms with van der Waals surface area (Å²) in [5.74, 6) is 1.71. The number of nitrogens with one attached hydrogen (secondary N) is 1. The van der Waals surface area contributed by atoms with Gasteiger partial charge in [0.25, 0.3) is 0 Å². The highest BCUT2D eigenvalue weighted by molar-refractivity contribution is 6.35. The summed E-state index contributed by atoms with van der Waals surface area (Å²) in [5, 5.41) is 3.81. The van der Waals surface area contributed by atoms with E-state index in [4.69, 9.17) is 17.3 Å². The number of nitrogens with zero attached hydrogens (tertiary/aromatic N) is 2. The summed E-state index contributed by atoms with van der Waals surface area (Å²) in [6.07, 6.45) is 7.93. The van der Waals surface area contributed by atoms with Crippen molar-refractivity contribution in [2.45, 2.75) is 46.0 Å². The number of anilines is 2. The average Bonchev–Trinajstić information content (AvgIpc) is 2.79. The molecule has 0 bridgehead atoms. The summed E-state index contributed by atoms with van der Waals surface area (Å²) in [6.45, 7) is 5.49. The van der Waals surface area contributed by atoms with Crippen molar-refractivity contribution < 1.29 is 0 Å². The third kappa shape index (κ3) is 3.50. The van der Waals surface area contributed by atoms with Crippen LogP contribution in [-0.2, 0) is 0 Å². The predicted molar refractivity (Wildman–Crippen MR) is 80.3 cm³/mol.